The average Bonchev–Trinajstić information content (AvgIpc) is 2.82. The highest BCUT2D eigenvalue weighted by Gasteiger charge is 2.62. The molecule has 0 amide bonds. The standard InChI is InChI=1S/C14H21NO2/c1-10(2)17-12-7-5-6-11(15-12)14(9-16)8-13(14,3)4/h5-7,10,16H,8-9H2,1-4H3. The molecule has 0 aliphatic heterocycles. The molecule has 3 nitrogen and oxygen atoms in total. The summed E-state index contributed by atoms with van der Waals surface area (Å²) in [7, 11) is 0. The van der Waals surface area contributed by atoms with Crippen LogP contribution in [0.3, 0.4) is 0 Å². The molecule has 1 aliphatic carbocycles. The molecule has 0 bridgehead atoms. The van der Waals surface area contributed by atoms with Gasteiger partial charge >= 0.3 is 0 Å². The fraction of sp³-hybridized carbons (Fsp3) is 0.643. The molecule has 1 aromatic rings. The second-order valence-corrected chi connectivity index (χ2v) is 5.83. The van der Waals surface area contributed by atoms with Crippen molar-refractivity contribution in [2.45, 2.75) is 45.6 Å². The summed E-state index contributed by atoms with van der Waals surface area (Å²) in [6.07, 6.45) is 1.10. The van der Waals surface area contributed by atoms with E-state index in [0.717, 1.165) is 12.1 Å². The number of hydrogen-bond donors (Lipinski definition) is 1. The zero-order chi connectivity index (χ0) is 12.7. The molecule has 0 aromatic carbocycles. The smallest absolute Gasteiger partial charge is 0.213 e. The normalized spacial score (nSPS) is 26.0. The number of aliphatic hydroxyl groups excluding tert-OH is 1. The Hall–Kier alpha value is -1.09. The number of pyridine rings is 1. The largest absolute Gasteiger partial charge is 0.475 e. The highest BCUT2D eigenvalue weighted by molar-refractivity contribution is 5.34. The molecule has 2 rings (SSSR count). The highest BCUT2D eigenvalue weighted by atomic mass is 16.5. The van der Waals surface area contributed by atoms with Gasteiger partial charge in [0.05, 0.1) is 18.4 Å². The van der Waals surface area contributed by atoms with Crippen molar-refractivity contribution in [3.8, 4) is 5.88 Å². The zero-order valence-corrected chi connectivity index (χ0v) is 11.0. The quantitative estimate of drug-likeness (QED) is 0.872. The fourth-order valence-electron chi connectivity index (χ4n) is 2.49. The van der Waals surface area contributed by atoms with Gasteiger partial charge in [-0.15, -0.1) is 0 Å². The lowest BCUT2D eigenvalue weighted by atomic mass is 9.93. The Morgan fingerprint density at radius 2 is 2.06 bits per heavy atom. The van der Waals surface area contributed by atoms with E-state index in [4.69, 9.17) is 4.74 Å². The van der Waals surface area contributed by atoms with E-state index < -0.39 is 0 Å². The predicted octanol–water partition coefficient (Wildman–Crippen LogP) is 2.53. The molecule has 1 fully saturated rings. The van der Waals surface area contributed by atoms with Crippen molar-refractivity contribution in [3.63, 3.8) is 0 Å². The summed E-state index contributed by atoms with van der Waals surface area (Å²) in [5, 5.41) is 9.64. The van der Waals surface area contributed by atoms with Gasteiger partial charge in [0.15, 0.2) is 0 Å². The van der Waals surface area contributed by atoms with E-state index in [1.165, 1.54) is 0 Å². The Morgan fingerprint density at radius 1 is 1.41 bits per heavy atom. The van der Waals surface area contributed by atoms with Gasteiger partial charge in [-0.1, -0.05) is 19.9 Å². The van der Waals surface area contributed by atoms with Gasteiger partial charge in [-0.05, 0) is 31.7 Å². The van der Waals surface area contributed by atoms with Crippen LogP contribution in [-0.2, 0) is 5.41 Å². The van der Waals surface area contributed by atoms with E-state index in [1.54, 1.807) is 0 Å². The van der Waals surface area contributed by atoms with Gasteiger partial charge in [0.25, 0.3) is 0 Å². The molecule has 1 N–H and O–H groups in total. The molecule has 0 radical (unpaired) electrons. The maximum absolute atomic E-state index is 9.64. The number of rotatable bonds is 4. The molecule has 0 saturated heterocycles. The minimum Gasteiger partial charge on any atom is -0.475 e. The highest BCUT2D eigenvalue weighted by Crippen LogP contribution is 2.63. The number of hydrogen-bond acceptors (Lipinski definition) is 3. The Labute approximate surface area is 103 Å². The first-order valence-electron chi connectivity index (χ1n) is 6.16. The third kappa shape index (κ3) is 2.04. The SMILES string of the molecule is CC(C)Oc1cccc(C2(CO)CC2(C)C)n1. The first-order chi connectivity index (χ1) is 7.91. The van der Waals surface area contributed by atoms with E-state index in [0.29, 0.717) is 5.88 Å². The van der Waals surface area contributed by atoms with E-state index in [9.17, 15) is 5.11 Å². The molecule has 1 atom stereocenters. The van der Waals surface area contributed by atoms with Gasteiger partial charge in [-0.2, -0.15) is 0 Å². The van der Waals surface area contributed by atoms with E-state index in [1.807, 2.05) is 32.0 Å². The molecule has 1 saturated carbocycles. The third-order valence-electron chi connectivity index (χ3n) is 3.75. The Morgan fingerprint density at radius 3 is 2.53 bits per heavy atom. The molecular weight excluding hydrogens is 214 g/mol. The van der Waals surface area contributed by atoms with Crippen LogP contribution in [0.4, 0.5) is 0 Å². The number of aliphatic hydroxyl groups is 1. The Kier molecular flexibility index (Phi) is 2.90. The number of nitrogens with zero attached hydrogens (tertiary/aromatic N) is 1. The number of aromatic nitrogens is 1. The molecule has 17 heavy (non-hydrogen) atoms. The number of ether oxygens (including phenoxy) is 1. The molecule has 1 aliphatic rings. The van der Waals surface area contributed by atoms with Gasteiger partial charge in [-0.3, -0.25) is 0 Å². The van der Waals surface area contributed by atoms with Gasteiger partial charge in [-0.25, -0.2) is 4.98 Å². The first kappa shape index (κ1) is 12.4. The molecule has 94 valence electrons. The zero-order valence-electron chi connectivity index (χ0n) is 11.0. The minimum atomic E-state index is -0.177. The third-order valence-corrected chi connectivity index (χ3v) is 3.75. The lowest BCUT2D eigenvalue weighted by Gasteiger charge is -2.18. The lowest BCUT2D eigenvalue weighted by Crippen LogP contribution is -2.21. The summed E-state index contributed by atoms with van der Waals surface area (Å²) < 4.78 is 5.60. The monoisotopic (exact) mass is 235 g/mol. The maximum Gasteiger partial charge on any atom is 0.213 e. The lowest BCUT2D eigenvalue weighted by molar-refractivity contribution is 0.218. The van der Waals surface area contributed by atoms with Crippen molar-refractivity contribution >= 4 is 0 Å². The van der Waals surface area contributed by atoms with Crippen molar-refractivity contribution in [1.82, 2.24) is 4.98 Å². The second-order valence-electron chi connectivity index (χ2n) is 5.83. The summed E-state index contributed by atoms with van der Waals surface area (Å²) in [6.45, 7) is 8.45. The maximum atomic E-state index is 9.64. The van der Waals surface area contributed by atoms with Crippen LogP contribution < -0.4 is 4.74 Å². The van der Waals surface area contributed by atoms with Gasteiger partial charge in [0.2, 0.25) is 5.88 Å². The summed E-state index contributed by atoms with van der Waals surface area (Å²) in [6, 6.07) is 5.80. The Bertz CT molecular complexity index is 414. The van der Waals surface area contributed by atoms with Crippen LogP contribution in [0.1, 0.15) is 39.8 Å². The molecule has 1 heterocycles. The average molecular weight is 235 g/mol. The van der Waals surface area contributed by atoms with Crippen LogP contribution in [0.25, 0.3) is 0 Å². The fourth-order valence-corrected chi connectivity index (χ4v) is 2.49. The molecule has 1 aromatic heterocycles. The van der Waals surface area contributed by atoms with Crippen molar-refractivity contribution in [2.75, 3.05) is 6.61 Å². The Balaban J connectivity index is 2.28. The van der Waals surface area contributed by atoms with Gasteiger partial charge < -0.3 is 9.84 Å². The van der Waals surface area contributed by atoms with Gasteiger partial charge in [0, 0.05) is 11.5 Å². The minimum absolute atomic E-state index is 0.120. The van der Waals surface area contributed by atoms with Crippen molar-refractivity contribution in [3.05, 3.63) is 23.9 Å². The summed E-state index contributed by atoms with van der Waals surface area (Å²) in [5.74, 6) is 0.646. The van der Waals surface area contributed by atoms with Crippen LogP contribution in [-0.4, -0.2) is 22.8 Å². The first-order valence-corrected chi connectivity index (χ1v) is 6.16. The second kappa shape index (κ2) is 3.98. The van der Waals surface area contributed by atoms with Crippen molar-refractivity contribution in [1.29, 1.82) is 0 Å². The predicted molar refractivity (Wildman–Crippen MR) is 67.2 cm³/mol. The topological polar surface area (TPSA) is 42.4 Å². The van der Waals surface area contributed by atoms with Crippen LogP contribution in [0, 0.1) is 5.41 Å². The molecule has 0 spiro atoms. The molecular formula is C14H21NO2. The van der Waals surface area contributed by atoms with Crippen LogP contribution in [0.2, 0.25) is 0 Å². The van der Waals surface area contributed by atoms with Crippen molar-refractivity contribution in [2.24, 2.45) is 5.41 Å². The summed E-state index contributed by atoms with van der Waals surface area (Å²) in [5.41, 5.74) is 0.900. The summed E-state index contributed by atoms with van der Waals surface area (Å²) in [4.78, 5) is 4.53. The van der Waals surface area contributed by atoms with E-state index >= 15 is 0 Å². The van der Waals surface area contributed by atoms with Crippen LogP contribution in [0.15, 0.2) is 18.2 Å². The van der Waals surface area contributed by atoms with Crippen molar-refractivity contribution < 1.29 is 9.84 Å². The molecule has 3 heteroatoms. The molecule has 1 unspecified atom stereocenters. The van der Waals surface area contributed by atoms with E-state index in [2.05, 4.69) is 18.8 Å². The van der Waals surface area contributed by atoms with Crippen LogP contribution >= 0.6 is 0 Å². The van der Waals surface area contributed by atoms with Gasteiger partial charge in [0.1, 0.15) is 0 Å². The summed E-state index contributed by atoms with van der Waals surface area (Å²) >= 11 is 0. The van der Waals surface area contributed by atoms with Crippen LogP contribution in [0.5, 0.6) is 5.88 Å². The van der Waals surface area contributed by atoms with E-state index in [-0.39, 0.29) is 23.5 Å².